The number of nitrogens with one attached hydrogen (secondary N) is 1. The van der Waals surface area contributed by atoms with Crippen molar-refractivity contribution in [3.8, 4) is 0 Å². The van der Waals surface area contributed by atoms with Crippen LogP contribution in [-0.2, 0) is 17.8 Å². The summed E-state index contributed by atoms with van der Waals surface area (Å²) in [6, 6.07) is 16.0. The minimum Gasteiger partial charge on any atom is -0.369 e. The standard InChI is InChI=1S/C24H26FN5O/c1-16-4-10-19(11-5-16)20-3-2-12-30(20)24-22(25)23(28-15-29-24)27-14-18-8-6-17(7-9-18)13-21(26)31/h4-11,15,20H,2-3,12-14H2,1H3,(H2,26,31)(H,27,28,29). The number of anilines is 2. The van der Waals surface area contributed by atoms with Crippen molar-refractivity contribution in [1.82, 2.24) is 9.97 Å². The van der Waals surface area contributed by atoms with Gasteiger partial charge in [0, 0.05) is 13.1 Å². The SMILES string of the molecule is Cc1ccc(C2CCCN2c2ncnc(NCc3ccc(CC(N)=O)cc3)c2F)cc1. The molecular weight excluding hydrogens is 393 g/mol. The van der Waals surface area contributed by atoms with Crippen LogP contribution in [0.15, 0.2) is 54.9 Å². The average Bonchev–Trinajstić information content (AvgIpc) is 3.24. The number of primary amides is 1. The van der Waals surface area contributed by atoms with Gasteiger partial charge in [-0.25, -0.2) is 9.97 Å². The van der Waals surface area contributed by atoms with E-state index in [1.165, 1.54) is 17.5 Å². The minimum absolute atomic E-state index is 0.107. The van der Waals surface area contributed by atoms with Crippen molar-refractivity contribution in [1.29, 1.82) is 0 Å². The molecule has 3 N–H and O–H groups in total. The van der Waals surface area contributed by atoms with Crippen molar-refractivity contribution in [2.24, 2.45) is 5.73 Å². The Morgan fingerprint density at radius 2 is 1.84 bits per heavy atom. The summed E-state index contributed by atoms with van der Waals surface area (Å²) in [5.74, 6) is -0.294. The number of nitrogens with zero attached hydrogens (tertiary/aromatic N) is 3. The molecule has 6 nitrogen and oxygen atoms in total. The van der Waals surface area contributed by atoms with E-state index < -0.39 is 5.82 Å². The maximum absolute atomic E-state index is 15.3. The quantitative estimate of drug-likeness (QED) is 0.607. The van der Waals surface area contributed by atoms with E-state index in [-0.39, 0.29) is 24.2 Å². The van der Waals surface area contributed by atoms with Gasteiger partial charge in [-0.05, 0) is 36.5 Å². The second-order valence-corrected chi connectivity index (χ2v) is 7.94. The molecule has 2 aromatic carbocycles. The van der Waals surface area contributed by atoms with E-state index in [4.69, 9.17) is 5.73 Å². The van der Waals surface area contributed by atoms with Crippen molar-refractivity contribution in [2.75, 3.05) is 16.8 Å². The van der Waals surface area contributed by atoms with Crippen LogP contribution in [-0.4, -0.2) is 22.4 Å². The molecule has 0 radical (unpaired) electrons. The Bertz CT molecular complexity index is 1050. The summed E-state index contributed by atoms with van der Waals surface area (Å²) in [6.45, 7) is 3.22. The number of hydrogen-bond acceptors (Lipinski definition) is 5. The molecule has 1 atom stereocenters. The van der Waals surface area contributed by atoms with Gasteiger partial charge in [0.25, 0.3) is 0 Å². The van der Waals surface area contributed by atoms with E-state index in [1.54, 1.807) is 0 Å². The Morgan fingerprint density at radius 3 is 2.55 bits per heavy atom. The van der Waals surface area contributed by atoms with Crippen molar-refractivity contribution in [3.63, 3.8) is 0 Å². The fourth-order valence-electron chi connectivity index (χ4n) is 4.00. The largest absolute Gasteiger partial charge is 0.369 e. The molecule has 1 unspecified atom stereocenters. The van der Waals surface area contributed by atoms with Gasteiger partial charge in [-0.2, -0.15) is 4.39 Å². The molecule has 0 saturated carbocycles. The molecule has 4 rings (SSSR count). The molecule has 1 fully saturated rings. The van der Waals surface area contributed by atoms with Crippen LogP contribution in [0.3, 0.4) is 0 Å². The average molecular weight is 420 g/mol. The highest BCUT2D eigenvalue weighted by atomic mass is 19.1. The Hall–Kier alpha value is -3.48. The van der Waals surface area contributed by atoms with Crippen molar-refractivity contribution >= 4 is 17.5 Å². The molecule has 1 amide bonds. The van der Waals surface area contributed by atoms with Crippen LogP contribution in [0.5, 0.6) is 0 Å². The normalized spacial score (nSPS) is 15.8. The highest BCUT2D eigenvalue weighted by Gasteiger charge is 2.30. The fourth-order valence-corrected chi connectivity index (χ4v) is 4.00. The van der Waals surface area contributed by atoms with Gasteiger partial charge in [-0.3, -0.25) is 4.79 Å². The Morgan fingerprint density at radius 1 is 1.13 bits per heavy atom. The second kappa shape index (κ2) is 9.12. The van der Waals surface area contributed by atoms with Crippen LogP contribution in [0.1, 0.15) is 41.1 Å². The highest BCUT2D eigenvalue weighted by molar-refractivity contribution is 5.76. The number of nitrogens with two attached hydrogens (primary N) is 1. The molecule has 2 heterocycles. The number of halogens is 1. The highest BCUT2D eigenvalue weighted by Crippen LogP contribution is 2.37. The zero-order valence-electron chi connectivity index (χ0n) is 17.5. The number of carbonyl (C=O) groups is 1. The molecule has 1 aliphatic heterocycles. The summed E-state index contributed by atoms with van der Waals surface area (Å²) < 4.78 is 15.3. The molecule has 7 heteroatoms. The third-order valence-corrected chi connectivity index (χ3v) is 5.62. The first kappa shape index (κ1) is 20.8. The van der Waals surface area contributed by atoms with Crippen molar-refractivity contribution < 1.29 is 9.18 Å². The maximum atomic E-state index is 15.3. The first-order valence-electron chi connectivity index (χ1n) is 10.4. The molecule has 1 aliphatic rings. The van der Waals surface area contributed by atoms with Crippen LogP contribution < -0.4 is 16.0 Å². The lowest BCUT2D eigenvalue weighted by Crippen LogP contribution is -2.25. The van der Waals surface area contributed by atoms with Gasteiger partial charge in [0.2, 0.25) is 11.7 Å². The van der Waals surface area contributed by atoms with Crippen LogP contribution in [0.4, 0.5) is 16.0 Å². The smallest absolute Gasteiger partial charge is 0.221 e. The van der Waals surface area contributed by atoms with Gasteiger partial charge >= 0.3 is 0 Å². The zero-order valence-corrected chi connectivity index (χ0v) is 17.5. The first-order chi connectivity index (χ1) is 15.0. The van der Waals surface area contributed by atoms with Crippen LogP contribution >= 0.6 is 0 Å². The topological polar surface area (TPSA) is 84.1 Å². The molecule has 1 saturated heterocycles. The summed E-state index contributed by atoms with van der Waals surface area (Å²) >= 11 is 0. The van der Waals surface area contributed by atoms with E-state index in [0.717, 1.165) is 30.5 Å². The summed E-state index contributed by atoms with van der Waals surface area (Å²) in [5.41, 5.74) is 9.40. The summed E-state index contributed by atoms with van der Waals surface area (Å²) in [7, 11) is 0. The second-order valence-electron chi connectivity index (χ2n) is 7.94. The fraction of sp³-hybridized carbons (Fsp3) is 0.292. The molecule has 0 spiro atoms. The lowest BCUT2D eigenvalue weighted by molar-refractivity contribution is -0.117. The van der Waals surface area contributed by atoms with Gasteiger partial charge in [-0.15, -0.1) is 0 Å². The maximum Gasteiger partial charge on any atom is 0.221 e. The van der Waals surface area contributed by atoms with Gasteiger partial charge in [0.1, 0.15) is 6.33 Å². The molecule has 1 aromatic heterocycles. The number of benzene rings is 2. The van der Waals surface area contributed by atoms with E-state index in [0.29, 0.717) is 12.4 Å². The monoisotopic (exact) mass is 419 g/mol. The van der Waals surface area contributed by atoms with E-state index in [9.17, 15) is 4.79 Å². The van der Waals surface area contributed by atoms with Gasteiger partial charge in [-0.1, -0.05) is 54.1 Å². The number of hydrogen-bond donors (Lipinski definition) is 2. The lowest BCUT2D eigenvalue weighted by atomic mass is 10.0. The van der Waals surface area contributed by atoms with Crippen molar-refractivity contribution in [3.05, 3.63) is 82.9 Å². The number of aryl methyl sites for hydroxylation is 1. The Balaban J connectivity index is 1.49. The van der Waals surface area contributed by atoms with Crippen LogP contribution in [0.25, 0.3) is 0 Å². The van der Waals surface area contributed by atoms with Crippen LogP contribution in [0.2, 0.25) is 0 Å². The summed E-state index contributed by atoms with van der Waals surface area (Å²) in [4.78, 5) is 21.4. The Kier molecular flexibility index (Phi) is 6.11. The third-order valence-electron chi connectivity index (χ3n) is 5.62. The molecule has 3 aromatic rings. The Labute approximate surface area is 181 Å². The number of aromatic nitrogens is 2. The number of carbonyl (C=O) groups excluding carboxylic acids is 1. The zero-order chi connectivity index (χ0) is 21.8. The molecular formula is C24H26FN5O. The van der Waals surface area contributed by atoms with Gasteiger partial charge in [0.05, 0.1) is 12.5 Å². The number of amides is 1. The van der Waals surface area contributed by atoms with Gasteiger partial charge in [0.15, 0.2) is 11.6 Å². The van der Waals surface area contributed by atoms with E-state index >= 15 is 4.39 Å². The molecule has 160 valence electrons. The van der Waals surface area contributed by atoms with Gasteiger partial charge < -0.3 is 16.0 Å². The first-order valence-corrected chi connectivity index (χ1v) is 10.4. The number of rotatable bonds is 7. The third kappa shape index (κ3) is 4.82. The van der Waals surface area contributed by atoms with Crippen LogP contribution in [0, 0.1) is 12.7 Å². The summed E-state index contributed by atoms with van der Waals surface area (Å²) in [5, 5.41) is 3.07. The predicted molar refractivity (Wildman–Crippen MR) is 119 cm³/mol. The predicted octanol–water partition coefficient (Wildman–Crippen LogP) is 3.91. The van der Waals surface area contributed by atoms with E-state index in [1.807, 2.05) is 29.2 Å². The summed E-state index contributed by atoms with van der Waals surface area (Å²) in [6.07, 6.45) is 3.56. The molecule has 0 aliphatic carbocycles. The van der Waals surface area contributed by atoms with Crippen molar-refractivity contribution in [2.45, 2.75) is 38.8 Å². The van der Waals surface area contributed by atoms with E-state index in [2.05, 4.69) is 46.5 Å². The minimum atomic E-state index is -0.438. The lowest BCUT2D eigenvalue weighted by Gasteiger charge is -2.27. The molecule has 0 bridgehead atoms. The molecule has 31 heavy (non-hydrogen) atoms.